The molecule has 2 atom stereocenters. The molecule has 6 nitrogen and oxygen atoms in total. The van der Waals surface area contributed by atoms with Gasteiger partial charge in [-0.3, -0.25) is 0 Å². The number of halogens is 1. The first-order valence-corrected chi connectivity index (χ1v) is 24.8. The minimum atomic E-state index is -0.0269. The molecule has 0 heterocycles. The molecule has 0 aliphatic heterocycles. The van der Waals surface area contributed by atoms with Gasteiger partial charge in [0.1, 0.15) is 11.5 Å². The van der Waals surface area contributed by atoms with Crippen molar-refractivity contribution in [2.24, 2.45) is 9.98 Å². The number of hydrogen-bond donors (Lipinski definition) is 2. The van der Waals surface area contributed by atoms with Crippen LogP contribution in [-0.2, 0) is 18.2 Å². The Balaban J connectivity index is 0.00000231. The summed E-state index contributed by atoms with van der Waals surface area (Å²) < 4.78 is 11.1. The van der Waals surface area contributed by atoms with E-state index in [0.29, 0.717) is 0 Å². The Hall–Kier alpha value is -6.49. The number of anilines is 2. The van der Waals surface area contributed by atoms with Gasteiger partial charge in [0.2, 0.25) is 0 Å². The summed E-state index contributed by atoms with van der Waals surface area (Å²) in [5.74, 6) is 1.60. The van der Waals surface area contributed by atoms with Gasteiger partial charge >= 0.3 is 27.7 Å². The van der Waals surface area contributed by atoms with Crippen LogP contribution in [0.1, 0.15) is 101 Å². The molecule has 0 spiro atoms. The molecular weight excluding hydrogens is 963 g/mol. The standard InChI is InChI=1S/C60H58N4O2.CH3.ClH.Pd/c1-33-25-44(26-34(2)55(33)61)52(42-17-21-48(65-9)22-18-42)46-29-37(5)57(38(6)30-46)63-59-50-15-11-13-41-14-12-16-51(54(41)50)60(59)64-58-39(7)31-47(32-40(58)8)53(43-19-23-49(66-10)24-20-43)45-27-35(3)56(62)36(4)28-45;;;/h11-32,52-53H,61-62H2,1-10H3;1H3;1H;/q;-1;;+2/p-1. The van der Waals surface area contributed by atoms with E-state index in [1.165, 1.54) is 44.2 Å². The zero-order chi connectivity index (χ0) is 48.6. The van der Waals surface area contributed by atoms with Crippen molar-refractivity contribution in [2.75, 3.05) is 25.7 Å². The van der Waals surface area contributed by atoms with E-state index in [9.17, 15) is 0 Å². The van der Waals surface area contributed by atoms with Crippen LogP contribution in [0, 0.1) is 62.8 Å². The van der Waals surface area contributed by atoms with Crippen LogP contribution < -0.4 is 20.9 Å². The van der Waals surface area contributed by atoms with Gasteiger partial charge in [-0.2, -0.15) is 0 Å². The van der Waals surface area contributed by atoms with Gasteiger partial charge in [0.05, 0.1) is 37.0 Å². The molecule has 69 heavy (non-hydrogen) atoms. The van der Waals surface area contributed by atoms with Crippen LogP contribution in [0.2, 0.25) is 0 Å². The molecular formula is C61H61ClN4O2Pd. The molecule has 1 aliphatic carbocycles. The Morgan fingerprint density at radius 2 is 0.710 bits per heavy atom. The molecule has 354 valence electrons. The van der Waals surface area contributed by atoms with E-state index in [0.717, 1.165) is 101 Å². The van der Waals surface area contributed by atoms with Crippen molar-refractivity contribution in [1.82, 2.24) is 0 Å². The summed E-state index contributed by atoms with van der Waals surface area (Å²) in [7, 11) is 7.89. The second-order valence-corrected chi connectivity index (χ2v) is 18.2. The summed E-state index contributed by atoms with van der Waals surface area (Å²) in [6.45, 7) is 17.1. The third-order valence-electron chi connectivity index (χ3n) is 13.6. The second kappa shape index (κ2) is 21.0. The van der Waals surface area contributed by atoms with Gasteiger partial charge in [-0.25, -0.2) is 9.98 Å². The van der Waals surface area contributed by atoms with E-state index in [4.69, 9.17) is 30.9 Å². The third-order valence-corrected chi connectivity index (χ3v) is 13.6. The Morgan fingerprint density at radius 3 is 1.00 bits per heavy atom. The Kier molecular flexibility index (Phi) is 15.4. The average Bonchev–Trinajstić information content (AvgIpc) is 3.63. The van der Waals surface area contributed by atoms with E-state index in [-0.39, 0.29) is 19.3 Å². The number of hydrogen-bond acceptors (Lipinski definition) is 6. The quantitative estimate of drug-likeness (QED) is 0.0617. The molecule has 0 saturated heterocycles. The van der Waals surface area contributed by atoms with E-state index in [2.05, 4.69) is 192 Å². The van der Waals surface area contributed by atoms with Gasteiger partial charge in [-0.1, -0.05) is 109 Å². The van der Waals surface area contributed by atoms with Gasteiger partial charge in [-0.15, -0.1) is 0 Å². The first-order chi connectivity index (χ1) is 32.7. The average molecular weight is 1020 g/mol. The van der Waals surface area contributed by atoms with Gasteiger partial charge in [0.15, 0.2) is 0 Å². The van der Waals surface area contributed by atoms with Crippen LogP contribution in [-0.4, -0.2) is 25.6 Å². The molecule has 0 saturated carbocycles. The predicted octanol–water partition coefficient (Wildman–Crippen LogP) is 15.2. The molecule has 9 rings (SSSR count). The number of rotatable bonds is 10. The van der Waals surface area contributed by atoms with E-state index in [1.807, 2.05) is 24.3 Å². The van der Waals surface area contributed by atoms with Crippen LogP contribution in [0.3, 0.4) is 0 Å². The van der Waals surface area contributed by atoms with Crippen molar-refractivity contribution in [2.45, 2.75) is 67.2 Å². The van der Waals surface area contributed by atoms with Crippen molar-refractivity contribution < 1.29 is 27.7 Å². The van der Waals surface area contributed by atoms with Crippen LogP contribution in [0.4, 0.5) is 22.7 Å². The minimum absolute atomic E-state index is 0. The molecule has 0 radical (unpaired) electrons. The van der Waals surface area contributed by atoms with Gasteiger partial charge < -0.3 is 28.4 Å². The maximum atomic E-state index is 6.48. The molecule has 0 amide bonds. The van der Waals surface area contributed by atoms with Crippen LogP contribution >= 0.6 is 9.53 Å². The van der Waals surface area contributed by atoms with E-state index in [1.54, 1.807) is 14.2 Å². The van der Waals surface area contributed by atoms with Crippen molar-refractivity contribution in [3.63, 3.8) is 0 Å². The zero-order valence-corrected chi connectivity index (χ0v) is 43.7. The monoisotopic (exact) mass is 1020 g/mol. The number of methoxy groups -OCH3 is 2. The normalized spacial score (nSPS) is 13.8. The van der Waals surface area contributed by atoms with Crippen molar-refractivity contribution in [1.29, 1.82) is 0 Å². The number of nitrogens with zero attached hydrogens (tertiary/aromatic N) is 2. The Bertz CT molecular complexity index is 2980. The number of nitrogen functional groups attached to an aromatic ring is 2. The summed E-state index contributed by atoms with van der Waals surface area (Å²) in [5, 5.41) is 2.35. The maximum absolute atomic E-state index is 6.48. The van der Waals surface area contributed by atoms with E-state index < -0.39 is 0 Å². The van der Waals surface area contributed by atoms with Gasteiger partial charge in [-0.05, 0) is 163 Å². The van der Waals surface area contributed by atoms with Crippen molar-refractivity contribution >= 4 is 54.5 Å². The Labute approximate surface area is 423 Å². The van der Waals surface area contributed by atoms with Gasteiger partial charge in [0, 0.05) is 39.7 Å². The topological polar surface area (TPSA) is 95.2 Å². The molecule has 2 unspecified atom stereocenters. The zero-order valence-electron chi connectivity index (χ0n) is 41.4. The van der Waals surface area contributed by atoms with Gasteiger partial charge in [0.25, 0.3) is 0 Å². The molecule has 8 aromatic carbocycles. The number of benzene rings is 8. The molecule has 0 aromatic heterocycles. The fourth-order valence-corrected chi connectivity index (χ4v) is 10.2. The Morgan fingerprint density at radius 1 is 0.420 bits per heavy atom. The summed E-state index contributed by atoms with van der Waals surface area (Å²) >= 11 is 2.22. The molecule has 8 heteroatoms. The summed E-state index contributed by atoms with van der Waals surface area (Å²) in [4.78, 5) is 11.3. The fraction of sp³-hybridized carbons (Fsp3) is 0.197. The molecule has 8 aromatic rings. The SMILES string of the molecule is COc1ccc(C(c2cc(C)c(N)c(C)c2)c2cc(C)c(N=C3C(=Nc4c(C)cc(C(c5ccc(OC)cc5)c5cc(C)c(N)c(C)c5)cc4C)c4cccc5cccc3c45)c(C)c2)cc1.[CH3-].[Cl][Pd+]. The number of nitrogens with two attached hydrogens (primary N) is 2. The molecule has 0 fully saturated rings. The van der Waals surface area contributed by atoms with E-state index >= 15 is 0 Å². The first-order valence-electron chi connectivity index (χ1n) is 22.8. The molecule has 0 bridgehead atoms. The van der Waals surface area contributed by atoms with Crippen LogP contribution in [0.25, 0.3) is 10.8 Å². The predicted molar refractivity (Wildman–Crippen MR) is 289 cm³/mol. The van der Waals surface area contributed by atoms with Crippen LogP contribution in [0.15, 0.2) is 143 Å². The number of aliphatic imine (C=N–C) groups is 2. The van der Waals surface area contributed by atoms with Crippen molar-refractivity contribution in [3.8, 4) is 11.5 Å². The molecule has 1 aliphatic rings. The molecule has 4 N–H and O–H groups in total. The van der Waals surface area contributed by atoms with Crippen LogP contribution in [0.5, 0.6) is 11.5 Å². The number of aryl methyl sites for hydroxylation is 8. The summed E-state index contributed by atoms with van der Waals surface area (Å²) in [5.41, 5.74) is 36.3. The second-order valence-electron chi connectivity index (χ2n) is 18.2. The third kappa shape index (κ3) is 9.75. The fourth-order valence-electron chi connectivity index (χ4n) is 10.2. The summed E-state index contributed by atoms with van der Waals surface area (Å²) in [6, 6.07) is 47.9. The first kappa shape index (κ1) is 50.4. The van der Waals surface area contributed by atoms with Crippen molar-refractivity contribution in [3.05, 3.63) is 230 Å². The summed E-state index contributed by atoms with van der Waals surface area (Å²) in [6.07, 6.45) is 0. The number of ether oxygens (including phenoxy) is 2.